The Morgan fingerprint density at radius 3 is 2.29 bits per heavy atom. The number of hydrogen-bond donors (Lipinski definition) is 1. The van der Waals surface area contributed by atoms with Crippen LogP contribution in [0.2, 0.25) is 0 Å². The first-order valence-electron chi connectivity index (χ1n) is 7.64. The van der Waals surface area contributed by atoms with Crippen molar-refractivity contribution < 1.29 is 19.1 Å². The lowest BCUT2D eigenvalue weighted by Gasteiger charge is -2.16. The number of methoxy groups -OCH3 is 1. The van der Waals surface area contributed by atoms with Gasteiger partial charge < -0.3 is 14.8 Å². The maximum absolute atomic E-state index is 12.2. The Morgan fingerprint density at radius 2 is 1.71 bits per heavy atom. The van der Waals surface area contributed by atoms with Crippen molar-refractivity contribution in [3.63, 3.8) is 0 Å². The molecule has 5 nitrogen and oxygen atoms in total. The molecule has 24 heavy (non-hydrogen) atoms. The van der Waals surface area contributed by atoms with Crippen molar-refractivity contribution in [2.75, 3.05) is 12.4 Å². The first-order valence-corrected chi connectivity index (χ1v) is 7.64. The number of anilines is 1. The van der Waals surface area contributed by atoms with Crippen molar-refractivity contribution in [2.45, 2.75) is 26.9 Å². The Kier molecular flexibility index (Phi) is 5.58. The van der Waals surface area contributed by atoms with E-state index in [4.69, 9.17) is 4.74 Å². The zero-order valence-electron chi connectivity index (χ0n) is 14.3. The van der Waals surface area contributed by atoms with Crippen LogP contribution < -0.4 is 10.1 Å². The summed E-state index contributed by atoms with van der Waals surface area (Å²) in [6.45, 7) is 5.64. The maximum atomic E-state index is 12.2. The Morgan fingerprint density at radius 1 is 1.04 bits per heavy atom. The molecule has 2 rings (SSSR count). The first kappa shape index (κ1) is 17.5. The number of ether oxygens (including phenoxy) is 2. The molecule has 0 unspecified atom stereocenters. The van der Waals surface area contributed by atoms with Crippen molar-refractivity contribution in [3.05, 3.63) is 59.2 Å². The minimum Gasteiger partial charge on any atom is -0.481 e. The number of rotatable bonds is 5. The monoisotopic (exact) mass is 327 g/mol. The summed E-state index contributed by atoms with van der Waals surface area (Å²) in [5, 5.41) is 2.76. The number of aryl methyl sites for hydroxylation is 2. The summed E-state index contributed by atoms with van der Waals surface area (Å²) in [4.78, 5) is 23.6. The van der Waals surface area contributed by atoms with Crippen LogP contribution in [0.25, 0.3) is 0 Å². The van der Waals surface area contributed by atoms with Crippen molar-refractivity contribution >= 4 is 17.6 Å². The van der Waals surface area contributed by atoms with Crippen LogP contribution in [0.5, 0.6) is 5.75 Å². The highest BCUT2D eigenvalue weighted by Gasteiger charge is 2.16. The fourth-order valence-corrected chi connectivity index (χ4v) is 2.23. The fraction of sp³-hybridized carbons (Fsp3) is 0.263. The van der Waals surface area contributed by atoms with Crippen LogP contribution >= 0.6 is 0 Å². The summed E-state index contributed by atoms with van der Waals surface area (Å²) >= 11 is 0. The van der Waals surface area contributed by atoms with Gasteiger partial charge in [-0.05, 0) is 56.7 Å². The molecule has 0 heterocycles. The highest BCUT2D eigenvalue weighted by Crippen LogP contribution is 2.20. The Bertz CT molecular complexity index is 738. The number of hydrogen-bond acceptors (Lipinski definition) is 4. The van der Waals surface area contributed by atoms with Gasteiger partial charge in [-0.15, -0.1) is 0 Å². The third-order valence-corrected chi connectivity index (χ3v) is 3.58. The molecule has 0 bridgehead atoms. The Hall–Kier alpha value is -2.82. The number of esters is 1. The van der Waals surface area contributed by atoms with Gasteiger partial charge in [-0.3, -0.25) is 4.79 Å². The minimum absolute atomic E-state index is 0.263. The molecule has 1 amide bonds. The van der Waals surface area contributed by atoms with E-state index >= 15 is 0 Å². The van der Waals surface area contributed by atoms with Crippen molar-refractivity contribution in [1.29, 1.82) is 0 Å². The molecule has 2 aromatic rings. The summed E-state index contributed by atoms with van der Waals surface area (Å²) in [5.41, 5.74) is 3.14. The van der Waals surface area contributed by atoms with E-state index < -0.39 is 12.1 Å². The van der Waals surface area contributed by atoms with Crippen LogP contribution in [0.15, 0.2) is 42.5 Å². The Labute approximate surface area is 141 Å². The number of carbonyl (C=O) groups excluding carboxylic acids is 2. The van der Waals surface area contributed by atoms with Crippen LogP contribution in [-0.2, 0) is 9.53 Å². The van der Waals surface area contributed by atoms with Gasteiger partial charge in [0.1, 0.15) is 5.75 Å². The normalized spacial score (nSPS) is 11.5. The van der Waals surface area contributed by atoms with Gasteiger partial charge in [-0.2, -0.15) is 0 Å². The summed E-state index contributed by atoms with van der Waals surface area (Å²) in [6, 6.07) is 12.3. The SMILES string of the molecule is COC(=O)c1ccc(NC(=O)[C@H](C)Oc2ccc(C)cc2C)cc1. The summed E-state index contributed by atoms with van der Waals surface area (Å²) in [7, 11) is 1.32. The predicted octanol–water partition coefficient (Wildman–Crippen LogP) is 3.50. The van der Waals surface area contributed by atoms with E-state index in [0.29, 0.717) is 17.0 Å². The van der Waals surface area contributed by atoms with E-state index in [0.717, 1.165) is 11.1 Å². The second-order valence-electron chi connectivity index (χ2n) is 5.59. The zero-order chi connectivity index (χ0) is 17.7. The van der Waals surface area contributed by atoms with Crippen molar-refractivity contribution in [1.82, 2.24) is 0 Å². The highest BCUT2D eigenvalue weighted by molar-refractivity contribution is 5.95. The third kappa shape index (κ3) is 4.35. The molecule has 2 aromatic carbocycles. The van der Waals surface area contributed by atoms with Crippen LogP contribution in [0, 0.1) is 13.8 Å². The summed E-state index contributed by atoms with van der Waals surface area (Å²) < 4.78 is 10.4. The molecule has 0 fully saturated rings. The topological polar surface area (TPSA) is 64.6 Å². The van der Waals surface area contributed by atoms with Gasteiger partial charge in [0, 0.05) is 5.69 Å². The molecule has 0 saturated heterocycles. The quantitative estimate of drug-likeness (QED) is 0.854. The lowest BCUT2D eigenvalue weighted by Crippen LogP contribution is -2.30. The summed E-state index contributed by atoms with van der Waals surface area (Å²) in [6.07, 6.45) is -0.647. The van der Waals surface area contributed by atoms with Crippen molar-refractivity contribution in [2.24, 2.45) is 0 Å². The van der Waals surface area contributed by atoms with E-state index in [1.165, 1.54) is 7.11 Å². The lowest BCUT2D eigenvalue weighted by molar-refractivity contribution is -0.122. The molecule has 126 valence electrons. The molecule has 0 aliphatic rings. The molecule has 0 aliphatic heterocycles. The van der Waals surface area contributed by atoms with Crippen LogP contribution in [-0.4, -0.2) is 25.1 Å². The molecule has 0 aromatic heterocycles. The maximum Gasteiger partial charge on any atom is 0.337 e. The van der Waals surface area contributed by atoms with E-state index in [1.807, 2.05) is 32.0 Å². The molecule has 1 N–H and O–H groups in total. The lowest BCUT2D eigenvalue weighted by atomic mass is 10.1. The second kappa shape index (κ2) is 7.64. The zero-order valence-corrected chi connectivity index (χ0v) is 14.3. The van der Waals surface area contributed by atoms with Gasteiger partial charge in [0.25, 0.3) is 5.91 Å². The van der Waals surface area contributed by atoms with Gasteiger partial charge in [0.05, 0.1) is 12.7 Å². The average molecular weight is 327 g/mol. The fourth-order valence-electron chi connectivity index (χ4n) is 2.23. The number of carbonyl (C=O) groups is 2. The number of amides is 1. The van der Waals surface area contributed by atoms with Gasteiger partial charge >= 0.3 is 5.97 Å². The molecule has 1 atom stereocenters. The average Bonchev–Trinajstić information content (AvgIpc) is 2.57. The standard InChI is InChI=1S/C19H21NO4/c1-12-5-10-17(13(2)11-12)24-14(3)18(21)20-16-8-6-15(7-9-16)19(22)23-4/h5-11,14H,1-4H3,(H,20,21)/t14-/m0/s1. The molecule has 0 saturated carbocycles. The number of benzene rings is 2. The van der Waals surface area contributed by atoms with E-state index in [1.54, 1.807) is 31.2 Å². The van der Waals surface area contributed by atoms with Gasteiger partial charge in [-0.25, -0.2) is 4.79 Å². The van der Waals surface area contributed by atoms with Gasteiger partial charge in [-0.1, -0.05) is 17.7 Å². The van der Waals surface area contributed by atoms with E-state index in [2.05, 4.69) is 10.1 Å². The van der Waals surface area contributed by atoms with E-state index in [-0.39, 0.29) is 5.91 Å². The van der Waals surface area contributed by atoms with Gasteiger partial charge in [0.2, 0.25) is 0 Å². The molecule has 5 heteroatoms. The van der Waals surface area contributed by atoms with Crippen LogP contribution in [0.4, 0.5) is 5.69 Å². The molecule has 0 aliphatic carbocycles. The van der Waals surface area contributed by atoms with Crippen molar-refractivity contribution in [3.8, 4) is 5.75 Å². The third-order valence-electron chi connectivity index (χ3n) is 3.58. The largest absolute Gasteiger partial charge is 0.481 e. The van der Waals surface area contributed by atoms with Crippen LogP contribution in [0.3, 0.4) is 0 Å². The second-order valence-corrected chi connectivity index (χ2v) is 5.59. The van der Waals surface area contributed by atoms with Gasteiger partial charge in [0.15, 0.2) is 6.10 Å². The minimum atomic E-state index is -0.647. The number of nitrogens with one attached hydrogen (secondary N) is 1. The first-order chi connectivity index (χ1) is 11.4. The predicted molar refractivity (Wildman–Crippen MR) is 92.4 cm³/mol. The highest BCUT2D eigenvalue weighted by atomic mass is 16.5. The molecule has 0 radical (unpaired) electrons. The summed E-state index contributed by atoms with van der Waals surface area (Å²) in [5.74, 6) is 0.00417. The molecular formula is C19H21NO4. The smallest absolute Gasteiger partial charge is 0.337 e. The van der Waals surface area contributed by atoms with Crippen LogP contribution in [0.1, 0.15) is 28.4 Å². The molecule has 0 spiro atoms. The van der Waals surface area contributed by atoms with E-state index in [9.17, 15) is 9.59 Å². The Balaban J connectivity index is 1.99. The molecular weight excluding hydrogens is 306 g/mol.